The number of hydrogen-bond donors (Lipinski definition) is 0. The average molecular weight is 284 g/mol. The number of halogens is 2. The van der Waals surface area contributed by atoms with Gasteiger partial charge in [-0.15, -0.1) is 0 Å². The van der Waals surface area contributed by atoms with Crippen LogP contribution in [-0.4, -0.2) is 15.1 Å². The summed E-state index contributed by atoms with van der Waals surface area (Å²) in [5.41, 5.74) is 0.860. The van der Waals surface area contributed by atoms with Crippen LogP contribution in [-0.2, 0) is 0 Å². The summed E-state index contributed by atoms with van der Waals surface area (Å²) in [7, 11) is 0. The van der Waals surface area contributed by atoms with Crippen molar-refractivity contribution in [3.63, 3.8) is 0 Å². The molecule has 7 heteroatoms. The van der Waals surface area contributed by atoms with Gasteiger partial charge in [0.2, 0.25) is 5.82 Å². The van der Waals surface area contributed by atoms with Gasteiger partial charge >= 0.3 is 0 Å². The zero-order chi connectivity index (χ0) is 14.8. The van der Waals surface area contributed by atoms with Gasteiger partial charge in [-0.2, -0.15) is 10.2 Å². The second-order valence-corrected chi connectivity index (χ2v) is 4.12. The van der Waals surface area contributed by atoms with Crippen LogP contribution in [0.5, 0.6) is 0 Å². The van der Waals surface area contributed by atoms with Crippen molar-refractivity contribution in [2.45, 2.75) is 0 Å². The molecule has 0 N–H and O–H groups in total. The SMILES string of the molecule is N#Cc1cc(-c2nc(-c3cc(F)cc(F)c3)no2)ccn1. The van der Waals surface area contributed by atoms with Crippen LogP contribution in [0.2, 0.25) is 0 Å². The first-order valence-corrected chi connectivity index (χ1v) is 5.82. The molecule has 0 aliphatic heterocycles. The third kappa shape index (κ3) is 2.60. The molecule has 0 fully saturated rings. The van der Waals surface area contributed by atoms with Crippen LogP contribution in [0.15, 0.2) is 41.1 Å². The highest BCUT2D eigenvalue weighted by atomic mass is 19.1. The summed E-state index contributed by atoms with van der Waals surface area (Å²) in [6.07, 6.45) is 1.43. The molecule has 0 saturated carbocycles. The van der Waals surface area contributed by atoms with E-state index in [2.05, 4.69) is 15.1 Å². The molecule has 2 aromatic heterocycles. The second kappa shape index (κ2) is 5.09. The third-order valence-electron chi connectivity index (χ3n) is 2.67. The minimum atomic E-state index is -0.730. The molecule has 0 aliphatic rings. The van der Waals surface area contributed by atoms with E-state index in [1.54, 1.807) is 6.07 Å². The molecule has 0 unspecified atom stereocenters. The van der Waals surface area contributed by atoms with Crippen molar-refractivity contribution in [1.82, 2.24) is 15.1 Å². The molecule has 0 atom stereocenters. The summed E-state index contributed by atoms with van der Waals surface area (Å²) < 4.78 is 31.4. The molecule has 2 heterocycles. The molecule has 0 amide bonds. The highest BCUT2D eigenvalue weighted by Gasteiger charge is 2.13. The molecular formula is C14H6F2N4O. The van der Waals surface area contributed by atoms with Gasteiger partial charge in [-0.25, -0.2) is 13.8 Å². The monoisotopic (exact) mass is 284 g/mol. The van der Waals surface area contributed by atoms with Crippen LogP contribution in [0.3, 0.4) is 0 Å². The lowest BCUT2D eigenvalue weighted by atomic mass is 10.2. The maximum Gasteiger partial charge on any atom is 0.258 e. The Bertz CT molecular complexity index is 834. The Morgan fingerprint density at radius 1 is 1.05 bits per heavy atom. The Morgan fingerprint density at radius 3 is 2.52 bits per heavy atom. The van der Waals surface area contributed by atoms with Gasteiger partial charge < -0.3 is 4.52 Å². The molecule has 5 nitrogen and oxygen atoms in total. The molecule has 21 heavy (non-hydrogen) atoms. The molecule has 0 saturated heterocycles. The van der Waals surface area contributed by atoms with Crippen LogP contribution < -0.4 is 0 Å². The molecule has 1 aromatic carbocycles. The first kappa shape index (κ1) is 12.9. The molecule has 3 rings (SSSR count). The fourth-order valence-corrected chi connectivity index (χ4v) is 1.77. The zero-order valence-electron chi connectivity index (χ0n) is 10.4. The summed E-state index contributed by atoms with van der Waals surface area (Å²) >= 11 is 0. The van der Waals surface area contributed by atoms with Gasteiger partial charge in [-0.3, -0.25) is 0 Å². The second-order valence-electron chi connectivity index (χ2n) is 4.12. The standard InChI is InChI=1S/C14H6F2N4O/c15-10-3-9(4-11(16)6-10)13-19-14(21-20-13)8-1-2-18-12(5-8)7-17/h1-6H. The largest absolute Gasteiger partial charge is 0.334 e. The van der Waals surface area contributed by atoms with E-state index in [0.29, 0.717) is 5.56 Å². The van der Waals surface area contributed by atoms with Crippen molar-refractivity contribution in [2.24, 2.45) is 0 Å². The van der Waals surface area contributed by atoms with Gasteiger partial charge in [0.1, 0.15) is 23.4 Å². The summed E-state index contributed by atoms with van der Waals surface area (Å²) in [6, 6.07) is 7.91. The minimum Gasteiger partial charge on any atom is -0.334 e. The summed E-state index contributed by atoms with van der Waals surface area (Å²) in [5.74, 6) is -1.27. The molecule has 0 aliphatic carbocycles. The normalized spacial score (nSPS) is 10.3. The molecule has 0 radical (unpaired) electrons. The highest BCUT2D eigenvalue weighted by molar-refractivity contribution is 5.60. The van der Waals surface area contributed by atoms with Crippen molar-refractivity contribution in [1.29, 1.82) is 5.26 Å². The van der Waals surface area contributed by atoms with E-state index >= 15 is 0 Å². The van der Waals surface area contributed by atoms with Crippen molar-refractivity contribution in [3.8, 4) is 28.9 Å². The summed E-state index contributed by atoms with van der Waals surface area (Å²) in [6.45, 7) is 0. The Hall–Kier alpha value is -3.14. The number of rotatable bonds is 2. The van der Waals surface area contributed by atoms with E-state index in [0.717, 1.165) is 18.2 Å². The maximum absolute atomic E-state index is 13.2. The van der Waals surface area contributed by atoms with Crippen molar-refractivity contribution in [2.75, 3.05) is 0 Å². The summed E-state index contributed by atoms with van der Waals surface area (Å²) in [5, 5.41) is 12.5. The molecular weight excluding hydrogens is 278 g/mol. The smallest absolute Gasteiger partial charge is 0.258 e. The van der Waals surface area contributed by atoms with E-state index < -0.39 is 11.6 Å². The number of aromatic nitrogens is 3. The third-order valence-corrected chi connectivity index (χ3v) is 2.67. The van der Waals surface area contributed by atoms with E-state index in [-0.39, 0.29) is 23.0 Å². The van der Waals surface area contributed by atoms with E-state index in [9.17, 15) is 8.78 Å². The predicted octanol–water partition coefficient (Wildman–Crippen LogP) is 2.95. The maximum atomic E-state index is 13.2. The molecule has 3 aromatic rings. The van der Waals surface area contributed by atoms with Crippen molar-refractivity contribution in [3.05, 3.63) is 53.9 Å². The van der Waals surface area contributed by atoms with Gasteiger partial charge in [-0.05, 0) is 24.3 Å². The average Bonchev–Trinajstić information content (AvgIpc) is 2.96. The molecule has 0 spiro atoms. The van der Waals surface area contributed by atoms with Crippen LogP contribution in [0.25, 0.3) is 22.8 Å². The number of hydrogen-bond acceptors (Lipinski definition) is 5. The fraction of sp³-hybridized carbons (Fsp3) is 0. The van der Waals surface area contributed by atoms with Gasteiger partial charge in [0, 0.05) is 23.4 Å². The van der Waals surface area contributed by atoms with Crippen molar-refractivity contribution >= 4 is 0 Å². The Morgan fingerprint density at radius 2 is 1.81 bits per heavy atom. The predicted molar refractivity (Wildman–Crippen MR) is 67.6 cm³/mol. The first-order chi connectivity index (χ1) is 10.2. The van der Waals surface area contributed by atoms with E-state index in [4.69, 9.17) is 9.78 Å². The van der Waals surface area contributed by atoms with Gasteiger partial charge in [0.25, 0.3) is 5.89 Å². The van der Waals surface area contributed by atoms with Gasteiger partial charge in [-0.1, -0.05) is 5.16 Å². The van der Waals surface area contributed by atoms with Crippen LogP contribution in [0.4, 0.5) is 8.78 Å². The zero-order valence-corrected chi connectivity index (χ0v) is 10.4. The topological polar surface area (TPSA) is 75.6 Å². The lowest BCUT2D eigenvalue weighted by Gasteiger charge is -1.95. The van der Waals surface area contributed by atoms with Crippen LogP contribution in [0.1, 0.15) is 5.69 Å². The van der Waals surface area contributed by atoms with Crippen LogP contribution >= 0.6 is 0 Å². The van der Waals surface area contributed by atoms with E-state index in [1.807, 2.05) is 6.07 Å². The Labute approximate surface area is 117 Å². The quantitative estimate of drug-likeness (QED) is 0.723. The highest BCUT2D eigenvalue weighted by Crippen LogP contribution is 2.23. The van der Waals surface area contributed by atoms with Crippen molar-refractivity contribution < 1.29 is 13.3 Å². The fourth-order valence-electron chi connectivity index (χ4n) is 1.77. The van der Waals surface area contributed by atoms with Gasteiger partial charge in [0.05, 0.1) is 0 Å². The lowest BCUT2D eigenvalue weighted by Crippen LogP contribution is -1.87. The molecule has 0 bridgehead atoms. The number of pyridine rings is 1. The number of nitrogens with zero attached hydrogens (tertiary/aromatic N) is 4. The van der Waals surface area contributed by atoms with Crippen LogP contribution in [0, 0.1) is 23.0 Å². The van der Waals surface area contributed by atoms with Gasteiger partial charge in [0.15, 0.2) is 0 Å². The lowest BCUT2D eigenvalue weighted by molar-refractivity contribution is 0.432. The van der Waals surface area contributed by atoms with E-state index in [1.165, 1.54) is 12.3 Å². The molecule has 102 valence electrons. The summed E-state index contributed by atoms with van der Waals surface area (Å²) in [4.78, 5) is 7.88. The first-order valence-electron chi connectivity index (χ1n) is 5.82. The Balaban J connectivity index is 2.01. The number of benzene rings is 1. The number of nitriles is 1. The Kier molecular flexibility index (Phi) is 3.12. The minimum absolute atomic E-state index is 0.0544.